The summed E-state index contributed by atoms with van der Waals surface area (Å²) in [5.74, 6) is 1.47. The Balaban J connectivity index is 1.95. The first-order chi connectivity index (χ1) is 14.2. The quantitative estimate of drug-likeness (QED) is 0.454. The summed E-state index contributed by atoms with van der Waals surface area (Å²) in [6.45, 7) is 0. The monoisotopic (exact) mass is 455 g/mol. The molecule has 4 aromatic rings. The van der Waals surface area contributed by atoms with Gasteiger partial charge in [-0.15, -0.1) is 0 Å². The summed E-state index contributed by atoms with van der Waals surface area (Å²) in [4.78, 5) is 3.45. The predicted molar refractivity (Wildman–Crippen MR) is 116 cm³/mol. The van der Waals surface area contributed by atoms with Crippen molar-refractivity contribution < 1.29 is 18.0 Å². The molecule has 0 aliphatic carbocycles. The molecule has 0 aliphatic heterocycles. The van der Waals surface area contributed by atoms with Gasteiger partial charge in [-0.2, -0.15) is 0 Å². The van der Waals surface area contributed by atoms with Crippen molar-refractivity contribution in [3.8, 4) is 28.5 Å². The molecule has 0 radical (unpaired) electrons. The van der Waals surface area contributed by atoms with Crippen LogP contribution in [-0.2, 0) is 3.83 Å². The Hall–Kier alpha value is -3.08. The van der Waals surface area contributed by atoms with Crippen molar-refractivity contribution in [2.75, 3.05) is 21.3 Å². The topological polar surface area (TPSA) is 60.6 Å². The fourth-order valence-corrected chi connectivity index (χ4v) is 6.33. The molecule has 148 valence electrons. The van der Waals surface area contributed by atoms with Crippen LogP contribution in [0.5, 0.6) is 17.2 Å². The molecule has 0 spiro atoms. The molecule has 0 amide bonds. The van der Waals surface area contributed by atoms with Crippen molar-refractivity contribution in [2.24, 2.45) is 0 Å². The SMILES string of the molecule is COc1cc([Se](=O)c2c(-c3ccccc3)[nH]c3ccccc23)cc(OC)c1OC. The second kappa shape index (κ2) is 8.11. The molecule has 1 atom stereocenters. The average molecular weight is 454 g/mol. The van der Waals surface area contributed by atoms with E-state index in [1.165, 1.54) is 0 Å². The molecule has 0 bridgehead atoms. The standard InChI is InChI=1S/C23H21NO4Se/c1-26-19-13-16(14-20(27-2)22(19)28-3)29(25)23-17-11-7-8-12-18(17)24-21(23)15-9-5-4-6-10-15/h4-14,24H,1-3H3. The van der Waals surface area contributed by atoms with Crippen LogP contribution >= 0.6 is 0 Å². The molecule has 1 N–H and O–H groups in total. The van der Waals surface area contributed by atoms with Gasteiger partial charge in [-0.1, -0.05) is 0 Å². The molecule has 3 aromatic carbocycles. The summed E-state index contributed by atoms with van der Waals surface area (Å²) >= 11 is -2.67. The van der Waals surface area contributed by atoms with Gasteiger partial charge in [-0.3, -0.25) is 0 Å². The van der Waals surface area contributed by atoms with E-state index in [9.17, 15) is 3.83 Å². The molecule has 1 unspecified atom stereocenters. The third kappa shape index (κ3) is 3.41. The number of fused-ring (bicyclic) bond motifs is 1. The van der Waals surface area contributed by atoms with Crippen LogP contribution in [0.4, 0.5) is 0 Å². The Morgan fingerprint density at radius 3 is 2.03 bits per heavy atom. The first-order valence-electron chi connectivity index (χ1n) is 9.05. The molecular weight excluding hydrogens is 433 g/mol. The van der Waals surface area contributed by atoms with E-state index >= 15 is 0 Å². The van der Waals surface area contributed by atoms with Crippen molar-refractivity contribution in [3.05, 3.63) is 66.7 Å². The zero-order valence-electron chi connectivity index (χ0n) is 16.4. The molecule has 5 nitrogen and oxygen atoms in total. The van der Waals surface area contributed by atoms with Gasteiger partial charge >= 0.3 is 173 Å². The van der Waals surface area contributed by atoms with Crippen LogP contribution in [0.1, 0.15) is 0 Å². The number of H-pyrrole nitrogens is 1. The number of ether oxygens (including phenoxy) is 3. The van der Waals surface area contributed by atoms with Gasteiger partial charge in [0.15, 0.2) is 0 Å². The van der Waals surface area contributed by atoms with Crippen molar-refractivity contribution in [1.29, 1.82) is 0 Å². The Morgan fingerprint density at radius 1 is 0.793 bits per heavy atom. The van der Waals surface area contributed by atoms with Crippen molar-refractivity contribution in [2.45, 2.75) is 0 Å². The van der Waals surface area contributed by atoms with Crippen molar-refractivity contribution in [1.82, 2.24) is 4.98 Å². The Morgan fingerprint density at radius 2 is 1.41 bits per heavy atom. The van der Waals surface area contributed by atoms with Gasteiger partial charge in [0.25, 0.3) is 0 Å². The Bertz CT molecular complexity index is 1160. The number of aromatic amines is 1. The minimum atomic E-state index is -2.67. The molecular formula is C23H21NO4Se. The maximum atomic E-state index is 13.9. The molecule has 0 fully saturated rings. The molecule has 1 heterocycles. The van der Waals surface area contributed by atoms with Crippen LogP contribution in [-0.4, -0.2) is 40.1 Å². The summed E-state index contributed by atoms with van der Waals surface area (Å²) in [5, 5.41) is 0.958. The molecule has 0 saturated carbocycles. The number of nitrogens with one attached hydrogen (secondary N) is 1. The zero-order chi connectivity index (χ0) is 20.4. The predicted octanol–water partition coefficient (Wildman–Crippen LogP) is 3.40. The number of rotatable bonds is 6. The second-order valence-corrected chi connectivity index (χ2v) is 9.34. The van der Waals surface area contributed by atoms with Crippen LogP contribution in [0.15, 0.2) is 66.7 Å². The fraction of sp³-hybridized carbons (Fsp3) is 0.130. The average Bonchev–Trinajstić information content (AvgIpc) is 3.17. The number of methoxy groups -OCH3 is 3. The minimum absolute atomic E-state index is 0.486. The van der Waals surface area contributed by atoms with E-state index in [1.54, 1.807) is 33.5 Å². The molecule has 0 aliphatic rings. The van der Waals surface area contributed by atoms with E-state index in [2.05, 4.69) is 4.98 Å². The van der Waals surface area contributed by atoms with Crippen LogP contribution in [0.2, 0.25) is 0 Å². The van der Waals surface area contributed by atoms with Gasteiger partial charge in [0.05, 0.1) is 0 Å². The zero-order valence-corrected chi connectivity index (χ0v) is 18.1. The van der Waals surface area contributed by atoms with Gasteiger partial charge < -0.3 is 0 Å². The maximum absolute atomic E-state index is 13.9. The van der Waals surface area contributed by atoms with Crippen LogP contribution in [0.3, 0.4) is 0 Å². The van der Waals surface area contributed by atoms with E-state index in [-0.39, 0.29) is 0 Å². The summed E-state index contributed by atoms with van der Waals surface area (Å²) in [7, 11) is 4.67. The van der Waals surface area contributed by atoms with E-state index in [0.717, 1.165) is 26.6 Å². The number of aromatic nitrogens is 1. The number of hydrogen-bond acceptors (Lipinski definition) is 4. The Labute approximate surface area is 173 Å². The van der Waals surface area contributed by atoms with Gasteiger partial charge in [0.2, 0.25) is 0 Å². The summed E-state index contributed by atoms with van der Waals surface area (Å²) in [5.41, 5.74) is 2.83. The van der Waals surface area contributed by atoms with Crippen molar-refractivity contribution in [3.63, 3.8) is 0 Å². The van der Waals surface area contributed by atoms with E-state index in [4.69, 9.17) is 14.2 Å². The van der Waals surface area contributed by atoms with Crippen LogP contribution in [0.25, 0.3) is 22.2 Å². The van der Waals surface area contributed by atoms with E-state index in [0.29, 0.717) is 21.7 Å². The normalized spacial score (nSPS) is 12.0. The van der Waals surface area contributed by atoms with Crippen molar-refractivity contribution >= 4 is 33.7 Å². The molecule has 0 saturated heterocycles. The number of benzene rings is 3. The molecule has 29 heavy (non-hydrogen) atoms. The molecule has 4 rings (SSSR count). The summed E-state index contributed by atoms with van der Waals surface area (Å²) < 4.78 is 31.7. The molecule has 1 aromatic heterocycles. The fourth-order valence-electron chi connectivity index (χ4n) is 3.40. The number of para-hydroxylation sites is 1. The number of hydrogen-bond donors (Lipinski definition) is 1. The first-order valence-corrected chi connectivity index (χ1v) is 11.5. The first kappa shape index (κ1) is 19.2. The molecule has 6 heteroatoms. The third-order valence-corrected chi connectivity index (χ3v) is 7.82. The van der Waals surface area contributed by atoms with Gasteiger partial charge in [0, 0.05) is 0 Å². The van der Waals surface area contributed by atoms with E-state index in [1.807, 2.05) is 54.6 Å². The van der Waals surface area contributed by atoms with Gasteiger partial charge in [-0.25, -0.2) is 0 Å². The van der Waals surface area contributed by atoms with Gasteiger partial charge in [-0.05, 0) is 0 Å². The van der Waals surface area contributed by atoms with E-state index < -0.39 is 13.8 Å². The summed E-state index contributed by atoms with van der Waals surface area (Å²) in [6.07, 6.45) is 0. The third-order valence-electron chi connectivity index (χ3n) is 4.76. The Kier molecular flexibility index (Phi) is 5.38. The van der Waals surface area contributed by atoms with Crippen LogP contribution in [0, 0.1) is 0 Å². The summed E-state index contributed by atoms with van der Waals surface area (Å²) in [6, 6.07) is 21.4. The second-order valence-electron chi connectivity index (χ2n) is 6.37. The van der Waals surface area contributed by atoms with Gasteiger partial charge in [0.1, 0.15) is 0 Å². The van der Waals surface area contributed by atoms with Crippen LogP contribution < -0.4 is 23.1 Å².